The number of nitrogens with two attached hydrogens (primary N) is 1. The minimum Gasteiger partial charge on any atom is -0.387 e. The van der Waals surface area contributed by atoms with Crippen molar-refractivity contribution in [3.63, 3.8) is 0 Å². The number of amides is 1. The van der Waals surface area contributed by atoms with Gasteiger partial charge in [0.05, 0.1) is 5.84 Å². The average molecular weight is 396 g/mol. The summed E-state index contributed by atoms with van der Waals surface area (Å²) in [6.07, 6.45) is -0.520. The van der Waals surface area contributed by atoms with Gasteiger partial charge < -0.3 is 11.1 Å². The zero-order valence-electron chi connectivity index (χ0n) is 14.3. The van der Waals surface area contributed by atoms with Crippen molar-refractivity contribution in [1.82, 2.24) is 0 Å². The number of aliphatic imine (C=N–C) groups is 1. The van der Waals surface area contributed by atoms with Crippen molar-refractivity contribution >= 4 is 29.0 Å². The fraction of sp³-hybridized carbons (Fsp3) is 0.263. The van der Waals surface area contributed by atoms with E-state index in [1.807, 2.05) is 0 Å². The van der Waals surface area contributed by atoms with Gasteiger partial charge in [-0.3, -0.25) is 9.79 Å². The predicted molar refractivity (Wildman–Crippen MR) is 98.9 cm³/mol. The SMILES string of the molecule is CC1CC(F)(F)C(c2cc(NC(=O)c3ccc(Cl)cc3)ccc2F)N=C1N. The Morgan fingerprint density at radius 1 is 1.26 bits per heavy atom. The van der Waals surface area contributed by atoms with Gasteiger partial charge in [-0.15, -0.1) is 0 Å². The van der Waals surface area contributed by atoms with Gasteiger partial charge >= 0.3 is 0 Å². The van der Waals surface area contributed by atoms with Gasteiger partial charge in [0.1, 0.15) is 11.9 Å². The van der Waals surface area contributed by atoms with Crippen molar-refractivity contribution in [2.24, 2.45) is 16.6 Å². The molecular weight excluding hydrogens is 379 g/mol. The summed E-state index contributed by atoms with van der Waals surface area (Å²) in [4.78, 5) is 16.1. The lowest BCUT2D eigenvalue weighted by molar-refractivity contribution is -0.0462. The molecule has 27 heavy (non-hydrogen) atoms. The van der Waals surface area contributed by atoms with Gasteiger partial charge in [-0.05, 0) is 42.5 Å². The predicted octanol–water partition coefficient (Wildman–Crippen LogP) is 4.80. The zero-order chi connectivity index (χ0) is 19.8. The Hall–Kier alpha value is -2.54. The van der Waals surface area contributed by atoms with E-state index in [1.54, 1.807) is 19.1 Å². The number of hydrogen-bond acceptors (Lipinski definition) is 3. The zero-order valence-corrected chi connectivity index (χ0v) is 15.1. The standard InChI is InChI=1S/C19H17ClF3N3O/c1-10-9-19(22,23)16(26-17(10)24)14-8-13(6-7-15(14)21)25-18(27)11-2-4-12(20)5-3-11/h2-8,10,16H,9H2,1H3,(H2,24,26)(H,25,27). The van der Waals surface area contributed by atoms with E-state index in [1.165, 1.54) is 18.2 Å². The van der Waals surface area contributed by atoms with Crippen molar-refractivity contribution in [1.29, 1.82) is 0 Å². The highest BCUT2D eigenvalue weighted by Crippen LogP contribution is 2.44. The Kier molecular flexibility index (Phi) is 5.15. The molecule has 1 heterocycles. The Morgan fingerprint density at radius 3 is 2.59 bits per heavy atom. The van der Waals surface area contributed by atoms with Gasteiger partial charge in [0.15, 0.2) is 0 Å². The van der Waals surface area contributed by atoms with Gasteiger partial charge in [0, 0.05) is 34.2 Å². The van der Waals surface area contributed by atoms with Crippen LogP contribution >= 0.6 is 11.6 Å². The van der Waals surface area contributed by atoms with Crippen molar-refractivity contribution in [3.05, 3.63) is 64.4 Å². The lowest BCUT2D eigenvalue weighted by atomic mass is 9.89. The van der Waals surface area contributed by atoms with E-state index in [-0.39, 0.29) is 17.1 Å². The number of benzene rings is 2. The van der Waals surface area contributed by atoms with Crippen LogP contribution in [-0.4, -0.2) is 17.7 Å². The molecule has 1 aliphatic heterocycles. The Morgan fingerprint density at radius 2 is 1.93 bits per heavy atom. The third kappa shape index (κ3) is 4.08. The second-order valence-electron chi connectivity index (χ2n) is 6.52. The second-order valence-corrected chi connectivity index (χ2v) is 6.96. The van der Waals surface area contributed by atoms with Crippen LogP contribution in [-0.2, 0) is 0 Å². The lowest BCUT2D eigenvalue weighted by Crippen LogP contribution is -2.39. The van der Waals surface area contributed by atoms with Gasteiger partial charge in [-0.25, -0.2) is 13.2 Å². The third-order valence-electron chi connectivity index (χ3n) is 4.42. The quantitative estimate of drug-likeness (QED) is 0.783. The molecule has 142 valence electrons. The Labute approximate surface area is 159 Å². The average Bonchev–Trinajstić information content (AvgIpc) is 2.60. The maximum atomic E-state index is 14.4. The summed E-state index contributed by atoms with van der Waals surface area (Å²) in [5.74, 6) is -5.10. The van der Waals surface area contributed by atoms with Crippen LogP contribution in [0.5, 0.6) is 0 Å². The number of anilines is 1. The number of amidine groups is 1. The fourth-order valence-corrected chi connectivity index (χ4v) is 3.05. The van der Waals surface area contributed by atoms with Crippen LogP contribution in [0.4, 0.5) is 18.9 Å². The largest absolute Gasteiger partial charge is 0.387 e. The van der Waals surface area contributed by atoms with Crippen LogP contribution in [0.2, 0.25) is 5.02 Å². The van der Waals surface area contributed by atoms with Crippen molar-refractivity contribution in [2.75, 3.05) is 5.32 Å². The number of nitrogens with zero attached hydrogens (tertiary/aromatic N) is 1. The summed E-state index contributed by atoms with van der Waals surface area (Å²) < 4.78 is 43.1. The number of nitrogens with one attached hydrogen (secondary N) is 1. The third-order valence-corrected chi connectivity index (χ3v) is 4.67. The molecule has 4 nitrogen and oxygen atoms in total. The molecule has 0 aliphatic carbocycles. The van der Waals surface area contributed by atoms with Crippen molar-refractivity contribution < 1.29 is 18.0 Å². The first kappa shape index (κ1) is 19.2. The monoisotopic (exact) mass is 395 g/mol. The van der Waals surface area contributed by atoms with Crippen LogP contribution in [0.1, 0.15) is 35.3 Å². The first-order chi connectivity index (χ1) is 12.7. The highest BCUT2D eigenvalue weighted by atomic mass is 35.5. The molecule has 1 amide bonds. The van der Waals surface area contributed by atoms with E-state index in [0.29, 0.717) is 10.6 Å². The summed E-state index contributed by atoms with van der Waals surface area (Å²) >= 11 is 5.78. The van der Waals surface area contributed by atoms with Crippen molar-refractivity contribution in [2.45, 2.75) is 25.3 Å². The number of hydrogen-bond donors (Lipinski definition) is 2. The number of halogens is 4. The molecule has 0 saturated carbocycles. The van der Waals surface area contributed by atoms with Gasteiger partial charge in [0.2, 0.25) is 0 Å². The Balaban J connectivity index is 1.90. The Bertz CT molecular complexity index is 900. The normalized spacial score (nSPS) is 21.4. The topological polar surface area (TPSA) is 67.5 Å². The molecule has 2 atom stereocenters. The van der Waals surface area contributed by atoms with Crippen LogP contribution in [0.25, 0.3) is 0 Å². The molecule has 3 rings (SSSR count). The minimum absolute atomic E-state index is 0.0564. The molecule has 2 unspecified atom stereocenters. The van der Waals surface area contributed by atoms with Crippen LogP contribution < -0.4 is 11.1 Å². The molecule has 0 bridgehead atoms. The van der Waals surface area contributed by atoms with Gasteiger partial charge in [-0.1, -0.05) is 18.5 Å². The molecule has 0 radical (unpaired) electrons. The second kappa shape index (κ2) is 7.23. The maximum Gasteiger partial charge on any atom is 0.274 e. The molecule has 0 saturated heterocycles. The molecule has 8 heteroatoms. The highest BCUT2D eigenvalue weighted by Gasteiger charge is 2.46. The molecule has 1 aliphatic rings. The number of alkyl halides is 2. The summed E-state index contributed by atoms with van der Waals surface area (Å²) in [5.41, 5.74) is 5.88. The number of carbonyl (C=O) groups excluding carboxylic acids is 1. The van der Waals surface area contributed by atoms with E-state index >= 15 is 0 Å². The number of carbonyl (C=O) groups is 1. The molecule has 3 N–H and O–H groups in total. The van der Waals surface area contributed by atoms with E-state index in [4.69, 9.17) is 17.3 Å². The minimum atomic E-state index is -3.25. The first-order valence-corrected chi connectivity index (χ1v) is 8.62. The molecule has 2 aromatic carbocycles. The molecule has 2 aromatic rings. The van der Waals surface area contributed by atoms with Crippen LogP contribution in [0, 0.1) is 11.7 Å². The van der Waals surface area contributed by atoms with Crippen LogP contribution in [0.15, 0.2) is 47.5 Å². The highest BCUT2D eigenvalue weighted by molar-refractivity contribution is 6.30. The van der Waals surface area contributed by atoms with Crippen LogP contribution in [0.3, 0.4) is 0 Å². The van der Waals surface area contributed by atoms with E-state index in [0.717, 1.165) is 12.1 Å². The van der Waals surface area contributed by atoms with E-state index in [9.17, 15) is 18.0 Å². The first-order valence-electron chi connectivity index (χ1n) is 8.25. The summed E-state index contributed by atoms with van der Waals surface area (Å²) in [6, 6.07) is 7.88. The smallest absolute Gasteiger partial charge is 0.274 e. The molecule has 0 aromatic heterocycles. The summed E-state index contributed by atoms with van der Waals surface area (Å²) in [6.45, 7) is 1.54. The number of rotatable bonds is 3. The summed E-state index contributed by atoms with van der Waals surface area (Å²) in [7, 11) is 0. The van der Waals surface area contributed by atoms with Gasteiger partial charge in [-0.2, -0.15) is 0 Å². The lowest BCUT2D eigenvalue weighted by Gasteiger charge is -2.32. The van der Waals surface area contributed by atoms with Crippen molar-refractivity contribution in [3.8, 4) is 0 Å². The molecular formula is C19H17ClF3N3O. The summed E-state index contributed by atoms with van der Waals surface area (Å²) in [5, 5.41) is 3.03. The maximum absolute atomic E-state index is 14.4. The van der Waals surface area contributed by atoms with E-state index in [2.05, 4.69) is 10.3 Å². The molecule has 0 spiro atoms. The fourth-order valence-electron chi connectivity index (χ4n) is 2.93. The van der Waals surface area contributed by atoms with Gasteiger partial charge in [0.25, 0.3) is 11.8 Å². The molecule has 0 fully saturated rings. The van der Waals surface area contributed by atoms with E-state index < -0.39 is 36.0 Å².